The van der Waals surface area contributed by atoms with Crippen molar-refractivity contribution >= 4 is 13.3 Å². The highest BCUT2D eigenvalue weighted by Crippen LogP contribution is 2.15. The number of hydrogen-bond donors (Lipinski definition) is 0. The van der Waals surface area contributed by atoms with Gasteiger partial charge in [-0.15, -0.1) is 0 Å². The van der Waals surface area contributed by atoms with E-state index in [0.717, 1.165) is 0 Å². The highest BCUT2D eigenvalue weighted by Gasteiger charge is 1.97. The molecule has 0 heterocycles. The van der Waals surface area contributed by atoms with Crippen LogP contribution < -0.4 is 5.46 Å². The molecule has 0 aromatic heterocycles. The van der Waals surface area contributed by atoms with E-state index in [4.69, 9.17) is 0 Å². The normalized spacial score (nSPS) is 8.53. The predicted molar refractivity (Wildman–Crippen MR) is 67.3 cm³/mol. The maximum absolute atomic E-state index is 2.16. The molecule has 0 aliphatic heterocycles. The molecule has 3 heteroatoms. The minimum atomic E-state index is 0. The molecule has 0 radical (unpaired) electrons. The van der Waals surface area contributed by atoms with Crippen molar-refractivity contribution in [2.75, 3.05) is 0 Å². The van der Waals surface area contributed by atoms with E-state index in [1.54, 1.807) is 0 Å². The minimum absolute atomic E-state index is 0. The van der Waals surface area contributed by atoms with E-state index in [1.807, 2.05) is 6.07 Å². The second-order valence-corrected chi connectivity index (χ2v) is 3.18. The van der Waals surface area contributed by atoms with Gasteiger partial charge in [-0.25, -0.2) is 0 Å². The molecule has 0 saturated heterocycles. The molecule has 15 heavy (non-hydrogen) atoms. The first-order chi connectivity index (χ1) is 6.38. The Labute approximate surface area is 90.6 Å². The largest absolute Gasteiger partial charge is 0.412 e. The molecule has 0 saturated carbocycles. The topological polar surface area (TPSA) is 63.0 Å². The second kappa shape index (κ2) is 6.01. The molecule has 2 aromatic carbocycles. The Balaban J connectivity index is 0.000000980. The van der Waals surface area contributed by atoms with Crippen LogP contribution in [-0.2, 0) is 0 Å². The zero-order chi connectivity index (χ0) is 9.10. The van der Waals surface area contributed by atoms with Crippen LogP contribution in [0.5, 0.6) is 0 Å². The van der Waals surface area contributed by atoms with Gasteiger partial charge in [0.2, 0.25) is 0 Å². The Morgan fingerprint density at radius 1 is 0.667 bits per heavy atom. The summed E-state index contributed by atoms with van der Waals surface area (Å²) in [5.41, 5.74) is 3.94. The number of rotatable bonds is 1. The molecular weight excluding hydrogens is 187 g/mol. The monoisotopic (exact) mass is 202 g/mol. The van der Waals surface area contributed by atoms with Crippen molar-refractivity contribution in [3.63, 3.8) is 0 Å². The fourth-order valence-electron chi connectivity index (χ4n) is 1.51. The molecule has 2 aromatic rings. The summed E-state index contributed by atoms with van der Waals surface area (Å²) in [4.78, 5) is 0. The summed E-state index contributed by atoms with van der Waals surface area (Å²) in [6.45, 7) is 0. The average molecular weight is 202 g/mol. The van der Waals surface area contributed by atoms with Crippen molar-refractivity contribution in [1.29, 1.82) is 0 Å². The summed E-state index contributed by atoms with van der Waals surface area (Å²) >= 11 is 0. The lowest BCUT2D eigenvalue weighted by Gasteiger charge is -2.04. The van der Waals surface area contributed by atoms with Gasteiger partial charge >= 0.3 is 0 Å². The van der Waals surface area contributed by atoms with Crippen LogP contribution in [0.3, 0.4) is 0 Å². The van der Waals surface area contributed by atoms with Gasteiger partial charge in [0, 0.05) is 0 Å². The Hall–Kier alpha value is -1.58. The van der Waals surface area contributed by atoms with Gasteiger partial charge in [0.1, 0.15) is 7.85 Å². The van der Waals surface area contributed by atoms with E-state index in [2.05, 4.69) is 56.4 Å². The first-order valence-electron chi connectivity index (χ1n) is 4.49. The lowest BCUT2D eigenvalue weighted by molar-refractivity contribution is 0.823. The average Bonchev–Trinajstić information content (AvgIpc) is 2.20. The van der Waals surface area contributed by atoms with Crippen LogP contribution in [0, 0.1) is 0 Å². The zero-order valence-electron chi connectivity index (χ0n) is 8.70. The quantitative estimate of drug-likeness (QED) is 0.582. The zero-order valence-corrected chi connectivity index (χ0v) is 8.70. The maximum atomic E-state index is 2.16. The van der Waals surface area contributed by atoms with Crippen molar-refractivity contribution in [3.05, 3.63) is 54.6 Å². The van der Waals surface area contributed by atoms with Crippen LogP contribution in [0.1, 0.15) is 0 Å². The Kier molecular flexibility index (Phi) is 5.38. The van der Waals surface area contributed by atoms with Crippen LogP contribution in [0.25, 0.3) is 11.1 Å². The van der Waals surface area contributed by atoms with Crippen molar-refractivity contribution in [2.24, 2.45) is 0 Å². The summed E-state index contributed by atoms with van der Waals surface area (Å²) in [7, 11) is 2.14. The van der Waals surface area contributed by atoms with Gasteiger partial charge in [0.15, 0.2) is 0 Å². The molecule has 2 rings (SSSR count). The lowest BCUT2D eigenvalue weighted by Crippen LogP contribution is -2.04. The van der Waals surface area contributed by atoms with E-state index in [0.29, 0.717) is 0 Å². The minimum Gasteiger partial charge on any atom is -0.412 e. The van der Waals surface area contributed by atoms with Gasteiger partial charge in [-0.3, -0.25) is 0 Å². The van der Waals surface area contributed by atoms with E-state index in [1.165, 1.54) is 16.6 Å². The van der Waals surface area contributed by atoms with Crippen molar-refractivity contribution in [1.82, 2.24) is 0 Å². The molecule has 0 amide bonds. The first-order valence-corrected chi connectivity index (χ1v) is 4.49. The highest BCUT2D eigenvalue weighted by atomic mass is 16.0. The fraction of sp³-hybridized carbons (Fsp3) is 0. The summed E-state index contributed by atoms with van der Waals surface area (Å²) in [6, 6.07) is 18.9. The van der Waals surface area contributed by atoms with Crippen LogP contribution in [0.2, 0.25) is 0 Å². The third-order valence-electron chi connectivity index (χ3n) is 2.23. The van der Waals surface area contributed by atoms with Crippen LogP contribution in [0.15, 0.2) is 54.6 Å². The molecule has 0 aliphatic carbocycles. The first kappa shape index (κ1) is 13.4. The maximum Gasteiger partial charge on any atom is 0.140 e. The van der Waals surface area contributed by atoms with Crippen molar-refractivity contribution < 1.29 is 11.0 Å². The molecule has 0 spiro atoms. The molecule has 78 valence electrons. The molecule has 0 fully saturated rings. The van der Waals surface area contributed by atoms with Gasteiger partial charge in [-0.1, -0.05) is 60.1 Å². The molecule has 4 N–H and O–H groups in total. The fourth-order valence-corrected chi connectivity index (χ4v) is 1.51. The van der Waals surface area contributed by atoms with Gasteiger partial charge in [-0.2, -0.15) is 0 Å². The van der Waals surface area contributed by atoms with Crippen molar-refractivity contribution in [3.8, 4) is 11.1 Å². The third-order valence-corrected chi connectivity index (χ3v) is 2.23. The van der Waals surface area contributed by atoms with E-state index < -0.39 is 0 Å². The third kappa shape index (κ3) is 2.94. The molecular formula is C12H15BO2. The van der Waals surface area contributed by atoms with E-state index in [9.17, 15) is 0 Å². The van der Waals surface area contributed by atoms with E-state index in [-0.39, 0.29) is 11.0 Å². The smallest absolute Gasteiger partial charge is 0.140 e. The van der Waals surface area contributed by atoms with Gasteiger partial charge in [-0.05, 0) is 11.1 Å². The molecule has 0 aliphatic rings. The lowest BCUT2D eigenvalue weighted by atomic mass is 9.87. The van der Waals surface area contributed by atoms with E-state index >= 15 is 0 Å². The van der Waals surface area contributed by atoms with Gasteiger partial charge in [0.05, 0.1) is 0 Å². The Morgan fingerprint density at radius 3 is 1.80 bits per heavy atom. The molecule has 0 unspecified atom stereocenters. The Bertz CT molecular complexity index is 401. The number of benzene rings is 2. The van der Waals surface area contributed by atoms with Gasteiger partial charge < -0.3 is 11.0 Å². The molecule has 0 atom stereocenters. The van der Waals surface area contributed by atoms with Gasteiger partial charge in [0.25, 0.3) is 0 Å². The summed E-state index contributed by atoms with van der Waals surface area (Å²) < 4.78 is 0. The summed E-state index contributed by atoms with van der Waals surface area (Å²) in [6.07, 6.45) is 0. The van der Waals surface area contributed by atoms with Crippen molar-refractivity contribution in [2.45, 2.75) is 0 Å². The standard InChI is InChI=1S/C12H11B.2H2O/c13-12-9-5-4-8-11(12)10-6-2-1-3-7-10;;/h1-9H,13H2;2*1H2. The number of hydrogen-bond acceptors (Lipinski definition) is 0. The summed E-state index contributed by atoms with van der Waals surface area (Å²) in [5, 5.41) is 0. The predicted octanol–water partition coefficient (Wildman–Crippen LogP) is -0.0374. The van der Waals surface area contributed by atoms with Crippen LogP contribution in [-0.4, -0.2) is 18.8 Å². The van der Waals surface area contributed by atoms with Crippen LogP contribution >= 0.6 is 0 Å². The molecule has 2 nitrogen and oxygen atoms in total. The Morgan fingerprint density at radius 2 is 1.20 bits per heavy atom. The summed E-state index contributed by atoms with van der Waals surface area (Å²) in [5.74, 6) is 0. The highest BCUT2D eigenvalue weighted by molar-refractivity contribution is 6.35. The second-order valence-electron chi connectivity index (χ2n) is 3.18. The van der Waals surface area contributed by atoms with Crippen LogP contribution in [0.4, 0.5) is 0 Å². The SMILES string of the molecule is Bc1ccccc1-c1ccccc1.O.O. The molecule has 0 bridgehead atoms.